The fourth-order valence-electron chi connectivity index (χ4n) is 2.05. The van der Waals surface area contributed by atoms with Crippen LogP contribution in [0.15, 0.2) is 40.3 Å². The molecule has 0 radical (unpaired) electrons. The van der Waals surface area contributed by atoms with Gasteiger partial charge < -0.3 is 4.42 Å². The smallest absolute Gasteiger partial charge is 0.117 e. The van der Waals surface area contributed by atoms with Gasteiger partial charge in [-0.2, -0.15) is 0 Å². The molecule has 2 heterocycles. The van der Waals surface area contributed by atoms with Crippen LogP contribution in [0.25, 0.3) is 0 Å². The summed E-state index contributed by atoms with van der Waals surface area (Å²) in [5, 5.41) is 2.15. The Bertz CT molecular complexity index is 371. The molecule has 0 aromatic carbocycles. The molecular formula is C15H21NOS. The number of thiophene rings is 1. The normalized spacial score (nSPS) is 11.2. The number of rotatable bonds is 8. The van der Waals surface area contributed by atoms with Crippen molar-refractivity contribution in [2.75, 3.05) is 6.54 Å². The van der Waals surface area contributed by atoms with E-state index in [9.17, 15) is 0 Å². The molecule has 0 aliphatic rings. The highest BCUT2D eigenvalue weighted by Crippen LogP contribution is 2.15. The summed E-state index contributed by atoms with van der Waals surface area (Å²) in [5.74, 6) is 1.06. The highest BCUT2D eigenvalue weighted by atomic mass is 32.1. The molecule has 0 N–H and O–H groups in total. The molecule has 2 aromatic rings. The largest absolute Gasteiger partial charge is 0.468 e. The Kier molecular flexibility index (Phi) is 5.49. The van der Waals surface area contributed by atoms with Crippen molar-refractivity contribution in [2.45, 2.75) is 39.3 Å². The van der Waals surface area contributed by atoms with Crippen LogP contribution >= 0.6 is 11.3 Å². The average molecular weight is 263 g/mol. The number of furan rings is 1. The molecule has 18 heavy (non-hydrogen) atoms. The summed E-state index contributed by atoms with van der Waals surface area (Å²) in [6, 6.07) is 8.35. The first-order chi connectivity index (χ1) is 8.88. The molecular weight excluding hydrogens is 242 g/mol. The van der Waals surface area contributed by atoms with Crippen molar-refractivity contribution in [2.24, 2.45) is 0 Å². The molecule has 0 amide bonds. The SMILES string of the molecule is CCCCCN(Cc1ccco1)Cc1cccs1. The van der Waals surface area contributed by atoms with Crippen LogP contribution in [0.3, 0.4) is 0 Å². The van der Waals surface area contributed by atoms with Gasteiger partial charge >= 0.3 is 0 Å². The molecule has 98 valence electrons. The minimum atomic E-state index is 0.911. The van der Waals surface area contributed by atoms with E-state index in [1.54, 1.807) is 6.26 Å². The number of nitrogens with zero attached hydrogens (tertiary/aromatic N) is 1. The van der Waals surface area contributed by atoms with Crippen LogP contribution in [0.5, 0.6) is 0 Å². The zero-order chi connectivity index (χ0) is 12.6. The van der Waals surface area contributed by atoms with Crippen molar-refractivity contribution in [3.63, 3.8) is 0 Å². The molecule has 0 bridgehead atoms. The highest BCUT2D eigenvalue weighted by molar-refractivity contribution is 7.09. The molecule has 3 heteroatoms. The van der Waals surface area contributed by atoms with Gasteiger partial charge in [-0.05, 0) is 36.5 Å². The molecule has 0 saturated heterocycles. The molecule has 0 fully saturated rings. The maximum atomic E-state index is 5.45. The van der Waals surface area contributed by atoms with Gasteiger partial charge in [-0.25, -0.2) is 0 Å². The first-order valence-corrected chi connectivity index (χ1v) is 7.53. The first-order valence-electron chi connectivity index (χ1n) is 6.65. The minimum absolute atomic E-state index is 0.911. The van der Waals surface area contributed by atoms with Crippen LogP contribution in [0.2, 0.25) is 0 Å². The van der Waals surface area contributed by atoms with Gasteiger partial charge in [-0.1, -0.05) is 25.8 Å². The maximum absolute atomic E-state index is 5.45. The van der Waals surface area contributed by atoms with Crippen LogP contribution in [0.1, 0.15) is 36.8 Å². The molecule has 2 aromatic heterocycles. The molecule has 0 atom stereocenters. The predicted molar refractivity (Wildman–Crippen MR) is 76.7 cm³/mol. The summed E-state index contributed by atoms with van der Waals surface area (Å²) >= 11 is 1.83. The Hall–Kier alpha value is -1.06. The zero-order valence-corrected chi connectivity index (χ0v) is 11.8. The standard InChI is InChI=1S/C15H21NOS/c1-2-3-4-9-16(12-14-7-5-10-17-14)13-15-8-6-11-18-15/h5-8,10-11H,2-4,9,12-13H2,1H3. The van der Waals surface area contributed by atoms with E-state index in [2.05, 4.69) is 35.4 Å². The third-order valence-corrected chi connectivity index (χ3v) is 3.86. The quantitative estimate of drug-likeness (QED) is 0.650. The Morgan fingerprint density at radius 1 is 1.17 bits per heavy atom. The second-order valence-electron chi connectivity index (χ2n) is 4.58. The Labute approximate surface area is 113 Å². The van der Waals surface area contributed by atoms with E-state index in [4.69, 9.17) is 4.42 Å². The number of hydrogen-bond donors (Lipinski definition) is 0. The summed E-state index contributed by atoms with van der Waals surface area (Å²) in [4.78, 5) is 3.90. The van der Waals surface area contributed by atoms with Crippen molar-refractivity contribution in [3.8, 4) is 0 Å². The second kappa shape index (κ2) is 7.39. The van der Waals surface area contributed by atoms with Gasteiger partial charge in [0.1, 0.15) is 5.76 Å². The van der Waals surface area contributed by atoms with E-state index in [-0.39, 0.29) is 0 Å². The lowest BCUT2D eigenvalue weighted by atomic mass is 10.2. The van der Waals surface area contributed by atoms with E-state index >= 15 is 0 Å². The molecule has 2 nitrogen and oxygen atoms in total. The van der Waals surface area contributed by atoms with Crippen LogP contribution in [-0.2, 0) is 13.1 Å². The minimum Gasteiger partial charge on any atom is -0.468 e. The van der Waals surface area contributed by atoms with Gasteiger partial charge in [-0.3, -0.25) is 4.90 Å². The summed E-state index contributed by atoms with van der Waals surface area (Å²) in [5.41, 5.74) is 0. The summed E-state index contributed by atoms with van der Waals surface area (Å²) in [6.07, 6.45) is 5.60. The molecule has 0 spiro atoms. The van der Waals surface area contributed by atoms with Crippen molar-refractivity contribution in [1.82, 2.24) is 4.90 Å². The number of unbranched alkanes of at least 4 members (excludes halogenated alkanes) is 2. The van der Waals surface area contributed by atoms with E-state index in [0.29, 0.717) is 0 Å². The fraction of sp³-hybridized carbons (Fsp3) is 0.467. The van der Waals surface area contributed by atoms with Gasteiger partial charge in [0.25, 0.3) is 0 Å². The number of hydrogen-bond acceptors (Lipinski definition) is 3. The first kappa shape index (κ1) is 13.4. The average Bonchev–Trinajstić information content (AvgIpc) is 3.02. The van der Waals surface area contributed by atoms with Gasteiger partial charge in [0.2, 0.25) is 0 Å². The van der Waals surface area contributed by atoms with Gasteiger partial charge in [0, 0.05) is 11.4 Å². The van der Waals surface area contributed by atoms with Crippen molar-refractivity contribution in [3.05, 3.63) is 46.5 Å². The molecule has 0 saturated carbocycles. The highest BCUT2D eigenvalue weighted by Gasteiger charge is 2.09. The third-order valence-electron chi connectivity index (χ3n) is 3.00. The topological polar surface area (TPSA) is 16.4 Å². The summed E-state index contributed by atoms with van der Waals surface area (Å²) in [7, 11) is 0. The molecule has 2 rings (SSSR count). The lowest BCUT2D eigenvalue weighted by Gasteiger charge is -2.20. The van der Waals surface area contributed by atoms with Crippen LogP contribution < -0.4 is 0 Å². The molecule has 0 unspecified atom stereocenters. The van der Waals surface area contributed by atoms with Crippen LogP contribution in [0.4, 0.5) is 0 Å². The lowest BCUT2D eigenvalue weighted by Crippen LogP contribution is -2.23. The fourth-order valence-corrected chi connectivity index (χ4v) is 2.79. The van der Waals surface area contributed by atoms with Crippen molar-refractivity contribution in [1.29, 1.82) is 0 Å². The second-order valence-corrected chi connectivity index (χ2v) is 5.61. The van der Waals surface area contributed by atoms with E-state index in [1.165, 1.54) is 24.1 Å². The van der Waals surface area contributed by atoms with Crippen molar-refractivity contribution >= 4 is 11.3 Å². The lowest BCUT2D eigenvalue weighted by molar-refractivity contribution is 0.232. The Morgan fingerprint density at radius 2 is 2.11 bits per heavy atom. The molecule has 0 aliphatic heterocycles. The van der Waals surface area contributed by atoms with Gasteiger partial charge in [0.05, 0.1) is 12.8 Å². The third kappa shape index (κ3) is 4.31. The zero-order valence-electron chi connectivity index (χ0n) is 11.0. The summed E-state index contributed by atoms with van der Waals surface area (Å²) in [6.45, 7) is 5.33. The van der Waals surface area contributed by atoms with E-state index in [0.717, 1.165) is 25.4 Å². The van der Waals surface area contributed by atoms with Crippen LogP contribution in [-0.4, -0.2) is 11.4 Å². The Morgan fingerprint density at radius 3 is 2.78 bits per heavy atom. The van der Waals surface area contributed by atoms with E-state index < -0.39 is 0 Å². The van der Waals surface area contributed by atoms with Crippen LogP contribution in [0, 0.1) is 0 Å². The molecule has 0 aliphatic carbocycles. The summed E-state index contributed by atoms with van der Waals surface area (Å²) < 4.78 is 5.45. The monoisotopic (exact) mass is 263 g/mol. The van der Waals surface area contributed by atoms with Gasteiger partial charge in [0.15, 0.2) is 0 Å². The predicted octanol–water partition coefficient (Wildman–Crippen LogP) is 4.53. The van der Waals surface area contributed by atoms with Gasteiger partial charge in [-0.15, -0.1) is 11.3 Å². The maximum Gasteiger partial charge on any atom is 0.117 e. The Balaban J connectivity index is 1.89. The van der Waals surface area contributed by atoms with Crippen molar-refractivity contribution < 1.29 is 4.42 Å². The van der Waals surface area contributed by atoms with E-state index in [1.807, 2.05) is 17.4 Å².